The Morgan fingerprint density at radius 2 is 2.05 bits per heavy atom. The number of likely N-dealkylation sites (N-methyl/N-ethyl adjacent to an activating group) is 1. The van der Waals surface area contributed by atoms with E-state index < -0.39 is 0 Å². The minimum atomic E-state index is 0.725. The van der Waals surface area contributed by atoms with Gasteiger partial charge < -0.3 is 14.2 Å². The molecule has 0 N–H and O–H groups in total. The summed E-state index contributed by atoms with van der Waals surface area (Å²) in [5.41, 5.74) is 1.08. The molecule has 0 fully saturated rings. The van der Waals surface area contributed by atoms with Gasteiger partial charge in [0.05, 0.1) is 7.11 Å². The molecule has 102 valence electrons. The van der Waals surface area contributed by atoms with Crippen LogP contribution in [0.5, 0.6) is 5.75 Å². The van der Waals surface area contributed by atoms with E-state index in [0.717, 1.165) is 36.0 Å². The Kier molecular flexibility index (Phi) is 4.76. The summed E-state index contributed by atoms with van der Waals surface area (Å²) in [5.74, 6) is 0.862. The first kappa shape index (κ1) is 13.8. The van der Waals surface area contributed by atoms with Crippen LogP contribution in [0.1, 0.15) is 5.56 Å². The van der Waals surface area contributed by atoms with E-state index in [-0.39, 0.29) is 0 Å². The van der Waals surface area contributed by atoms with Crippen LogP contribution in [-0.4, -0.2) is 40.4 Å². The summed E-state index contributed by atoms with van der Waals surface area (Å²) in [7, 11) is 3.73. The fraction of sp³-hybridized carbons (Fsp3) is 0.385. The molecule has 0 atom stereocenters. The molecule has 0 saturated heterocycles. The highest BCUT2D eigenvalue weighted by Gasteiger charge is 2.07. The first-order valence-corrected chi connectivity index (χ1v) is 6.40. The van der Waals surface area contributed by atoms with E-state index >= 15 is 0 Å². The molecule has 2 aromatic rings. The van der Waals surface area contributed by atoms with Crippen LogP contribution in [-0.2, 0) is 13.1 Å². The highest BCUT2D eigenvalue weighted by Crippen LogP contribution is 2.23. The number of hydrogen-bond donors (Lipinski definition) is 0. The maximum Gasteiger partial charge on any atom is 0.123 e. The van der Waals surface area contributed by atoms with Gasteiger partial charge in [-0.1, -0.05) is 11.6 Å². The Bertz CT molecular complexity index is 515. The second-order valence-electron chi connectivity index (χ2n) is 4.39. The third-order valence-corrected chi connectivity index (χ3v) is 3.12. The smallest absolute Gasteiger partial charge is 0.123 e. The van der Waals surface area contributed by atoms with Gasteiger partial charge in [-0.2, -0.15) is 0 Å². The van der Waals surface area contributed by atoms with Gasteiger partial charge in [0.2, 0.25) is 0 Å². The number of halogens is 1. The van der Waals surface area contributed by atoms with Gasteiger partial charge in [0.15, 0.2) is 0 Å². The van der Waals surface area contributed by atoms with Crippen molar-refractivity contribution < 1.29 is 4.74 Å². The van der Waals surface area contributed by atoms with E-state index in [0.29, 0.717) is 0 Å². The van der Waals surface area contributed by atoms with E-state index in [1.165, 1.54) is 0 Å². The van der Waals surface area contributed by atoms with Gasteiger partial charge in [0.1, 0.15) is 18.4 Å². The molecule has 0 aliphatic carbocycles. The van der Waals surface area contributed by atoms with E-state index in [9.17, 15) is 0 Å². The molecule has 0 bridgehead atoms. The van der Waals surface area contributed by atoms with Gasteiger partial charge in [-0.25, -0.2) is 0 Å². The van der Waals surface area contributed by atoms with Crippen molar-refractivity contribution >= 4 is 11.6 Å². The summed E-state index contributed by atoms with van der Waals surface area (Å²) in [6.45, 7) is 2.53. The average molecular weight is 281 g/mol. The Hall–Kier alpha value is -1.59. The van der Waals surface area contributed by atoms with E-state index in [1.807, 2.05) is 22.8 Å². The molecule has 1 heterocycles. The topological polar surface area (TPSA) is 43.2 Å². The van der Waals surface area contributed by atoms with E-state index in [2.05, 4.69) is 22.1 Å². The molecule has 1 aromatic heterocycles. The lowest BCUT2D eigenvalue weighted by atomic mass is 10.2. The van der Waals surface area contributed by atoms with Crippen molar-refractivity contribution in [3.8, 4) is 5.75 Å². The van der Waals surface area contributed by atoms with E-state index in [1.54, 1.807) is 19.8 Å². The largest absolute Gasteiger partial charge is 0.496 e. The molecule has 0 amide bonds. The van der Waals surface area contributed by atoms with Crippen LogP contribution in [0.2, 0.25) is 5.02 Å². The quantitative estimate of drug-likeness (QED) is 0.812. The number of rotatable bonds is 6. The molecule has 0 spiro atoms. The van der Waals surface area contributed by atoms with Gasteiger partial charge in [-0.05, 0) is 25.2 Å². The number of benzene rings is 1. The average Bonchev–Trinajstić information content (AvgIpc) is 2.90. The van der Waals surface area contributed by atoms with Crippen molar-refractivity contribution in [3.63, 3.8) is 0 Å². The second kappa shape index (κ2) is 6.54. The Balaban J connectivity index is 1.94. The number of hydrogen-bond acceptors (Lipinski definition) is 4. The maximum atomic E-state index is 6.02. The standard InChI is InChI=1S/C13H17ClN4O/c1-17(5-6-18-9-15-16-10-18)8-11-7-12(14)3-4-13(11)19-2/h3-4,7,9-10H,5-6,8H2,1-2H3. The summed E-state index contributed by atoms with van der Waals surface area (Å²) in [6, 6.07) is 5.67. The zero-order valence-corrected chi connectivity index (χ0v) is 11.8. The molecular weight excluding hydrogens is 264 g/mol. The molecule has 2 rings (SSSR count). The number of methoxy groups -OCH3 is 1. The van der Waals surface area contributed by atoms with Crippen molar-refractivity contribution in [1.82, 2.24) is 19.7 Å². The first-order chi connectivity index (χ1) is 9.19. The minimum absolute atomic E-state index is 0.725. The van der Waals surface area contributed by atoms with Crippen LogP contribution < -0.4 is 4.74 Å². The number of ether oxygens (including phenoxy) is 1. The molecule has 0 aliphatic rings. The van der Waals surface area contributed by atoms with Crippen molar-refractivity contribution in [3.05, 3.63) is 41.4 Å². The van der Waals surface area contributed by atoms with Crippen LogP contribution >= 0.6 is 11.6 Å². The fourth-order valence-corrected chi connectivity index (χ4v) is 2.06. The van der Waals surface area contributed by atoms with E-state index in [4.69, 9.17) is 16.3 Å². The van der Waals surface area contributed by atoms with Crippen LogP contribution in [0.15, 0.2) is 30.9 Å². The Labute approximate surface area is 117 Å². The molecular formula is C13H17ClN4O. The van der Waals surface area contributed by atoms with Crippen LogP contribution in [0.25, 0.3) is 0 Å². The Morgan fingerprint density at radius 3 is 2.74 bits per heavy atom. The normalized spacial score (nSPS) is 10.9. The summed E-state index contributed by atoms with van der Waals surface area (Å²) in [5, 5.41) is 8.29. The SMILES string of the molecule is COc1ccc(Cl)cc1CN(C)CCn1cnnc1. The molecule has 0 radical (unpaired) electrons. The van der Waals surface area contributed by atoms with Crippen molar-refractivity contribution in [2.45, 2.75) is 13.1 Å². The zero-order valence-electron chi connectivity index (χ0n) is 11.1. The third kappa shape index (κ3) is 3.94. The zero-order chi connectivity index (χ0) is 13.7. The van der Waals surface area contributed by atoms with Crippen molar-refractivity contribution in [2.24, 2.45) is 0 Å². The van der Waals surface area contributed by atoms with Gasteiger partial charge in [0, 0.05) is 30.2 Å². The van der Waals surface area contributed by atoms with Crippen molar-refractivity contribution in [1.29, 1.82) is 0 Å². The van der Waals surface area contributed by atoms with Gasteiger partial charge in [0.25, 0.3) is 0 Å². The summed E-state index contributed by atoms with van der Waals surface area (Å²) in [4.78, 5) is 2.20. The molecule has 19 heavy (non-hydrogen) atoms. The first-order valence-electron chi connectivity index (χ1n) is 6.02. The second-order valence-corrected chi connectivity index (χ2v) is 4.83. The molecule has 0 saturated carbocycles. The van der Waals surface area contributed by atoms with Gasteiger partial charge >= 0.3 is 0 Å². The summed E-state index contributed by atoms with van der Waals surface area (Å²) >= 11 is 6.02. The van der Waals surface area contributed by atoms with Gasteiger partial charge in [-0.15, -0.1) is 10.2 Å². The Morgan fingerprint density at radius 1 is 1.32 bits per heavy atom. The molecule has 1 aromatic carbocycles. The predicted molar refractivity (Wildman–Crippen MR) is 74.4 cm³/mol. The van der Waals surface area contributed by atoms with Crippen LogP contribution in [0, 0.1) is 0 Å². The van der Waals surface area contributed by atoms with Crippen molar-refractivity contribution in [2.75, 3.05) is 20.7 Å². The highest BCUT2D eigenvalue weighted by molar-refractivity contribution is 6.30. The monoisotopic (exact) mass is 280 g/mol. The molecule has 0 aliphatic heterocycles. The maximum absolute atomic E-state index is 6.02. The lowest BCUT2D eigenvalue weighted by molar-refractivity contribution is 0.304. The molecule has 0 unspecified atom stereocenters. The third-order valence-electron chi connectivity index (χ3n) is 2.89. The minimum Gasteiger partial charge on any atom is -0.496 e. The number of nitrogens with zero attached hydrogens (tertiary/aromatic N) is 4. The summed E-state index contributed by atoms with van der Waals surface area (Å²) < 4.78 is 7.29. The lowest BCUT2D eigenvalue weighted by Crippen LogP contribution is -2.22. The van der Waals surface area contributed by atoms with Gasteiger partial charge in [-0.3, -0.25) is 0 Å². The fourth-order valence-electron chi connectivity index (χ4n) is 1.86. The summed E-state index contributed by atoms with van der Waals surface area (Å²) in [6.07, 6.45) is 3.43. The lowest BCUT2D eigenvalue weighted by Gasteiger charge is -2.18. The van der Waals surface area contributed by atoms with Crippen LogP contribution in [0.4, 0.5) is 0 Å². The molecule has 5 nitrogen and oxygen atoms in total. The number of aromatic nitrogens is 3. The predicted octanol–water partition coefficient (Wildman–Crippen LogP) is 2.07. The molecule has 6 heteroatoms. The van der Waals surface area contributed by atoms with Crippen LogP contribution in [0.3, 0.4) is 0 Å². The highest BCUT2D eigenvalue weighted by atomic mass is 35.5.